The molecular formula is C24H25N3O2S. The lowest BCUT2D eigenvalue weighted by Crippen LogP contribution is -2.52. The van der Waals surface area contributed by atoms with Gasteiger partial charge in [-0.3, -0.25) is 14.5 Å². The maximum atomic E-state index is 13.0. The van der Waals surface area contributed by atoms with Crippen molar-refractivity contribution in [3.8, 4) is 0 Å². The fourth-order valence-corrected chi connectivity index (χ4v) is 4.75. The van der Waals surface area contributed by atoms with Crippen molar-refractivity contribution in [2.45, 2.75) is 32.0 Å². The van der Waals surface area contributed by atoms with Crippen LogP contribution in [0.4, 0.5) is 0 Å². The number of amides is 2. The number of nitrogens with one attached hydrogen (secondary N) is 1. The quantitative estimate of drug-likeness (QED) is 0.644. The summed E-state index contributed by atoms with van der Waals surface area (Å²) in [7, 11) is 0. The summed E-state index contributed by atoms with van der Waals surface area (Å²) in [6.07, 6.45) is 0.533. The van der Waals surface area contributed by atoms with Crippen LogP contribution < -0.4 is 11.1 Å². The highest BCUT2D eigenvalue weighted by atomic mass is 32.1. The number of aryl methyl sites for hydroxylation is 1. The third-order valence-corrected chi connectivity index (χ3v) is 6.50. The number of nitrogens with zero attached hydrogens (tertiary/aromatic N) is 1. The van der Waals surface area contributed by atoms with Gasteiger partial charge in [-0.1, -0.05) is 60.2 Å². The van der Waals surface area contributed by atoms with Crippen LogP contribution in [0, 0.1) is 6.92 Å². The number of carbonyl (C=O) groups excluding carboxylic acids is 2. The zero-order valence-electron chi connectivity index (χ0n) is 16.9. The third kappa shape index (κ3) is 4.45. The first-order chi connectivity index (χ1) is 14.5. The average Bonchev–Trinajstić information content (AvgIpc) is 3.27. The minimum Gasteiger partial charge on any atom is -0.368 e. The Bertz CT molecular complexity index is 1030. The second-order valence-electron chi connectivity index (χ2n) is 7.72. The molecule has 1 aliphatic heterocycles. The number of benzene rings is 2. The predicted molar refractivity (Wildman–Crippen MR) is 119 cm³/mol. The van der Waals surface area contributed by atoms with E-state index < -0.39 is 11.9 Å². The Labute approximate surface area is 180 Å². The number of nitrogens with two attached hydrogens (primary N) is 1. The van der Waals surface area contributed by atoms with E-state index >= 15 is 0 Å². The standard InChI is InChI=1S/C24H25N3O2S/c1-16-8-10-17(11-9-16)23(21-7-4-12-30-21)26-22(28)15-27-14-19-6-3-2-5-18(19)13-20(27)24(25)29/h2-12,20,23H,13-15H2,1H3,(H2,25,29)(H,26,28)/t20-,23?/m0/s1. The summed E-state index contributed by atoms with van der Waals surface area (Å²) >= 11 is 1.61. The van der Waals surface area contributed by atoms with E-state index in [2.05, 4.69) is 5.32 Å². The molecule has 5 nitrogen and oxygen atoms in total. The lowest BCUT2D eigenvalue weighted by molar-refractivity contribution is -0.127. The Hall–Kier alpha value is -2.96. The van der Waals surface area contributed by atoms with Gasteiger partial charge in [0.15, 0.2) is 0 Å². The van der Waals surface area contributed by atoms with Crippen molar-refractivity contribution < 1.29 is 9.59 Å². The molecule has 4 rings (SSSR count). The van der Waals surface area contributed by atoms with E-state index in [1.165, 1.54) is 5.56 Å². The van der Waals surface area contributed by atoms with Gasteiger partial charge in [-0.05, 0) is 41.5 Å². The molecule has 1 aliphatic rings. The lowest BCUT2D eigenvalue weighted by Gasteiger charge is -2.34. The van der Waals surface area contributed by atoms with Gasteiger partial charge in [0, 0.05) is 11.4 Å². The molecule has 3 N–H and O–H groups in total. The summed E-state index contributed by atoms with van der Waals surface area (Å²) in [6.45, 7) is 2.70. The number of thiophene rings is 1. The van der Waals surface area contributed by atoms with E-state index in [4.69, 9.17) is 5.73 Å². The monoisotopic (exact) mass is 419 g/mol. The molecule has 30 heavy (non-hydrogen) atoms. The molecule has 2 aromatic carbocycles. The first kappa shape index (κ1) is 20.3. The maximum Gasteiger partial charge on any atom is 0.235 e. The fourth-order valence-electron chi connectivity index (χ4n) is 3.95. The van der Waals surface area contributed by atoms with E-state index in [1.807, 2.05) is 77.9 Å². The van der Waals surface area contributed by atoms with Crippen molar-refractivity contribution in [1.29, 1.82) is 0 Å². The van der Waals surface area contributed by atoms with Gasteiger partial charge in [-0.15, -0.1) is 11.3 Å². The van der Waals surface area contributed by atoms with Gasteiger partial charge in [-0.2, -0.15) is 0 Å². The molecule has 0 radical (unpaired) electrons. The van der Waals surface area contributed by atoms with Crippen LogP contribution in [0.1, 0.15) is 33.2 Å². The summed E-state index contributed by atoms with van der Waals surface area (Å²) in [5.41, 5.74) is 10.1. The normalized spacial score (nSPS) is 17.2. The Kier molecular flexibility index (Phi) is 5.97. The highest BCUT2D eigenvalue weighted by molar-refractivity contribution is 7.10. The van der Waals surface area contributed by atoms with Crippen molar-refractivity contribution in [2.24, 2.45) is 5.73 Å². The van der Waals surface area contributed by atoms with Crippen LogP contribution >= 0.6 is 11.3 Å². The molecule has 3 aromatic rings. The Morgan fingerprint density at radius 1 is 1.10 bits per heavy atom. The molecule has 2 heterocycles. The predicted octanol–water partition coefficient (Wildman–Crippen LogP) is 3.17. The molecule has 2 amide bonds. The molecule has 0 bridgehead atoms. The molecule has 1 aromatic heterocycles. The average molecular weight is 420 g/mol. The zero-order valence-corrected chi connectivity index (χ0v) is 17.7. The number of hydrogen-bond donors (Lipinski definition) is 2. The lowest BCUT2D eigenvalue weighted by atomic mass is 9.93. The minimum atomic E-state index is -0.481. The molecule has 2 atom stereocenters. The van der Waals surface area contributed by atoms with Crippen LogP contribution in [-0.2, 0) is 22.6 Å². The smallest absolute Gasteiger partial charge is 0.235 e. The van der Waals surface area contributed by atoms with Crippen molar-refractivity contribution >= 4 is 23.2 Å². The first-order valence-electron chi connectivity index (χ1n) is 10.0. The van der Waals surface area contributed by atoms with Gasteiger partial charge in [0.05, 0.1) is 18.6 Å². The van der Waals surface area contributed by atoms with E-state index in [0.717, 1.165) is 21.6 Å². The number of rotatable bonds is 6. The van der Waals surface area contributed by atoms with Crippen LogP contribution in [0.25, 0.3) is 0 Å². The van der Waals surface area contributed by atoms with Crippen LogP contribution in [0.15, 0.2) is 66.0 Å². The van der Waals surface area contributed by atoms with Crippen molar-refractivity contribution in [3.63, 3.8) is 0 Å². The Morgan fingerprint density at radius 3 is 2.50 bits per heavy atom. The molecule has 0 fully saturated rings. The number of fused-ring (bicyclic) bond motifs is 1. The van der Waals surface area contributed by atoms with Crippen LogP contribution in [-0.4, -0.2) is 29.3 Å². The van der Waals surface area contributed by atoms with Gasteiger partial charge in [0.25, 0.3) is 0 Å². The molecule has 0 spiro atoms. The second-order valence-corrected chi connectivity index (χ2v) is 8.70. The number of primary amides is 1. The van der Waals surface area contributed by atoms with E-state index in [-0.39, 0.29) is 18.5 Å². The molecule has 0 saturated carbocycles. The van der Waals surface area contributed by atoms with Gasteiger partial charge >= 0.3 is 0 Å². The Morgan fingerprint density at radius 2 is 1.83 bits per heavy atom. The molecule has 0 aliphatic carbocycles. The van der Waals surface area contributed by atoms with Crippen LogP contribution in [0.3, 0.4) is 0 Å². The molecule has 6 heteroatoms. The topological polar surface area (TPSA) is 75.4 Å². The maximum absolute atomic E-state index is 13.0. The van der Waals surface area contributed by atoms with Gasteiger partial charge < -0.3 is 11.1 Å². The summed E-state index contributed by atoms with van der Waals surface area (Å²) in [6, 6.07) is 19.5. The summed E-state index contributed by atoms with van der Waals surface area (Å²) in [5.74, 6) is -0.523. The van der Waals surface area contributed by atoms with Crippen LogP contribution in [0.5, 0.6) is 0 Å². The van der Waals surface area contributed by atoms with E-state index in [1.54, 1.807) is 11.3 Å². The van der Waals surface area contributed by atoms with Crippen molar-refractivity contribution in [3.05, 3.63) is 93.2 Å². The molecule has 0 saturated heterocycles. The van der Waals surface area contributed by atoms with E-state index in [9.17, 15) is 9.59 Å². The van der Waals surface area contributed by atoms with E-state index in [0.29, 0.717) is 13.0 Å². The van der Waals surface area contributed by atoms with Gasteiger partial charge in [0.1, 0.15) is 0 Å². The Balaban J connectivity index is 1.53. The van der Waals surface area contributed by atoms with Gasteiger partial charge in [0.2, 0.25) is 11.8 Å². The fraction of sp³-hybridized carbons (Fsp3) is 0.250. The number of carbonyl (C=O) groups is 2. The first-order valence-corrected chi connectivity index (χ1v) is 10.9. The molecule has 154 valence electrons. The summed E-state index contributed by atoms with van der Waals surface area (Å²) in [4.78, 5) is 28.1. The largest absolute Gasteiger partial charge is 0.368 e. The summed E-state index contributed by atoms with van der Waals surface area (Å²) in [5, 5.41) is 5.17. The molecular weight excluding hydrogens is 394 g/mol. The van der Waals surface area contributed by atoms with Gasteiger partial charge in [-0.25, -0.2) is 0 Å². The molecule has 1 unspecified atom stereocenters. The third-order valence-electron chi connectivity index (χ3n) is 5.56. The van der Waals surface area contributed by atoms with Crippen molar-refractivity contribution in [2.75, 3.05) is 6.54 Å². The summed E-state index contributed by atoms with van der Waals surface area (Å²) < 4.78 is 0. The minimum absolute atomic E-state index is 0.121. The van der Waals surface area contributed by atoms with Crippen LogP contribution in [0.2, 0.25) is 0 Å². The highest BCUT2D eigenvalue weighted by Gasteiger charge is 2.31. The zero-order chi connectivity index (χ0) is 21.1. The second kappa shape index (κ2) is 8.81. The van der Waals surface area contributed by atoms with Crippen molar-refractivity contribution in [1.82, 2.24) is 10.2 Å². The number of hydrogen-bond acceptors (Lipinski definition) is 4. The highest BCUT2D eigenvalue weighted by Crippen LogP contribution is 2.27. The SMILES string of the molecule is Cc1ccc(C(NC(=O)CN2Cc3ccccc3C[C@H]2C(N)=O)c2cccs2)cc1.